The molecule has 0 spiro atoms. The first-order chi connectivity index (χ1) is 9.52. The van der Waals surface area contributed by atoms with Gasteiger partial charge in [-0.25, -0.2) is 4.39 Å². The summed E-state index contributed by atoms with van der Waals surface area (Å²) in [7, 11) is 1.51. The summed E-state index contributed by atoms with van der Waals surface area (Å²) in [6.45, 7) is 6.81. The zero-order chi connectivity index (χ0) is 14.7. The number of hydrogen-bond acceptors (Lipinski definition) is 2. The molecule has 1 aromatic rings. The number of benzene rings is 1. The van der Waals surface area contributed by atoms with Gasteiger partial charge in [0, 0.05) is 12.1 Å². The monoisotopic (exact) mass is 279 g/mol. The van der Waals surface area contributed by atoms with E-state index in [9.17, 15) is 4.39 Å². The number of rotatable bonds is 4. The van der Waals surface area contributed by atoms with Crippen LogP contribution in [0.2, 0.25) is 0 Å². The molecule has 0 heterocycles. The third kappa shape index (κ3) is 3.32. The maximum Gasteiger partial charge on any atom is 0.165 e. The smallest absolute Gasteiger partial charge is 0.165 e. The van der Waals surface area contributed by atoms with Gasteiger partial charge in [-0.05, 0) is 42.9 Å². The molecule has 1 aliphatic rings. The molecular formula is C17H26FNO. The fourth-order valence-electron chi connectivity index (χ4n) is 3.18. The predicted octanol–water partition coefficient (Wildman–Crippen LogP) is 4.31. The molecule has 1 fully saturated rings. The molecule has 20 heavy (non-hydrogen) atoms. The Bertz CT molecular complexity index is 449. The summed E-state index contributed by atoms with van der Waals surface area (Å²) >= 11 is 0. The standard InChI is InChI=1S/C17H26FNO/c1-11-6-5-7-16(12(11)2)19-13(3)14-8-9-15(18)17(10-14)20-4/h8-13,16,19H,5-7H2,1-4H3. The van der Waals surface area contributed by atoms with E-state index in [1.165, 1.54) is 32.4 Å². The molecule has 1 aliphatic carbocycles. The molecule has 1 saturated carbocycles. The molecule has 0 radical (unpaired) electrons. The Morgan fingerprint density at radius 1 is 1.30 bits per heavy atom. The first-order valence-electron chi connectivity index (χ1n) is 7.62. The Kier molecular flexibility index (Phi) is 5.03. The lowest BCUT2D eigenvalue weighted by Gasteiger charge is -2.36. The van der Waals surface area contributed by atoms with Crippen LogP contribution in [0.4, 0.5) is 4.39 Å². The Labute approximate surface area is 121 Å². The molecule has 1 N–H and O–H groups in total. The van der Waals surface area contributed by atoms with E-state index in [1.807, 2.05) is 6.07 Å². The summed E-state index contributed by atoms with van der Waals surface area (Å²) in [5, 5.41) is 3.71. The van der Waals surface area contributed by atoms with Crippen LogP contribution in [0.1, 0.15) is 51.6 Å². The predicted molar refractivity (Wildman–Crippen MR) is 80.5 cm³/mol. The van der Waals surface area contributed by atoms with Crippen molar-refractivity contribution in [2.75, 3.05) is 7.11 Å². The second-order valence-corrected chi connectivity index (χ2v) is 6.16. The number of hydrogen-bond donors (Lipinski definition) is 1. The number of ether oxygens (including phenoxy) is 1. The van der Waals surface area contributed by atoms with E-state index in [0.717, 1.165) is 11.5 Å². The SMILES string of the molecule is COc1cc(C(C)NC2CCCC(C)C2C)ccc1F. The van der Waals surface area contributed by atoms with Crippen LogP contribution in [-0.4, -0.2) is 13.2 Å². The second kappa shape index (κ2) is 6.57. The minimum atomic E-state index is -0.303. The molecule has 0 aromatic heterocycles. The van der Waals surface area contributed by atoms with Gasteiger partial charge < -0.3 is 10.1 Å². The molecule has 3 heteroatoms. The van der Waals surface area contributed by atoms with Gasteiger partial charge in [0.25, 0.3) is 0 Å². The summed E-state index contributed by atoms with van der Waals surface area (Å²) in [6.07, 6.45) is 3.86. The van der Waals surface area contributed by atoms with E-state index in [-0.39, 0.29) is 11.9 Å². The van der Waals surface area contributed by atoms with Gasteiger partial charge in [0.2, 0.25) is 0 Å². The normalized spacial score (nSPS) is 28.1. The van der Waals surface area contributed by atoms with Crippen LogP contribution in [0.25, 0.3) is 0 Å². The van der Waals surface area contributed by atoms with Crippen LogP contribution >= 0.6 is 0 Å². The summed E-state index contributed by atoms with van der Waals surface area (Å²) in [5.74, 6) is 1.48. The van der Waals surface area contributed by atoms with Gasteiger partial charge in [-0.1, -0.05) is 32.8 Å². The maximum atomic E-state index is 13.5. The van der Waals surface area contributed by atoms with E-state index < -0.39 is 0 Å². The second-order valence-electron chi connectivity index (χ2n) is 6.16. The Morgan fingerprint density at radius 3 is 2.75 bits per heavy atom. The Balaban J connectivity index is 2.06. The lowest BCUT2D eigenvalue weighted by atomic mass is 9.77. The minimum absolute atomic E-state index is 0.210. The van der Waals surface area contributed by atoms with Gasteiger partial charge in [0.1, 0.15) is 0 Å². The van der Waals surface area contributed by atoms with Gasteiger partial charge in [-0.2, -0.15) is 0 Å². The van der Waals surface area contributed by atoms with Crippen molar-refractivity contribution in [1.82, 2.24) is 5.32 Å². The molecule has 0 amide bonds. The van der Waals surface area contributed by atoms with E-state index >= 15 is 0 Å². The van der Waals surface area contributed by atoms with Crippen molar-refractivity contribution in [2.24, 2.45) is 11.8 Å². The Hall–Kier alpha value is -1.09. The highest BCUT2D eigenvalue weighted by molar-refractivity contribution is 5.32. The summed E-state index contributed by atoms with van der Waals surface area (Å²) in [6, 6.07) is 5.88. The topological polar surface area (TPSA) is 21.3 Å². The van der Waals surface area contributed by atoms with Crippen molar-refractivity contribution >= 4 is 0 Å². The average molecular weight is 279 g/mol. The van der Waals surface area contributed by atoms with Crippen molar-refractivity contribution in [2.45, 2.75) is 52.1 Å². The molecule has 0 bridgehead atoms. The fraction of sp³-hybridized carbons (Fsp3) is 0.647. The minimum Gasteiger partial charge on any atom is -0.494 e. The number of halogens is 1. The molecule has 0 aliphatic heterocycles. The first-order valence-corrected chi connectivity index (χ1v) is 7.62. The van der Waals surface area contributed by atoms with Gasteiger partial charge in [-0.3, -0.25) is 0 Å². The van der Waals surface area contributed by atoms with Crippen LogP contribution < -0.4 is 10.1 Å². The number of nitrogens with one attached hydrogen (secondary N) is 1. The van der Waals surface area contributed by atoms with Crippen LogP contribution in [-0.2, 0) is 0 Å². The largest absolute Gasteiger partial charge is 0.494 e. The van der Waals surface area contributed by atoms with Gasteiger partial charge in [0.15, 0.2) is 11.6 Å². The highest BCUT2D eigenvalue weighted by Gasteiger charge is 2.28. The van der Waals surface area contributed by atoms with Crippen LogP contribution in [0, 0.1) is 17.7 Å². The quantitative estimate of drug-likeness (QED) is 0.886. The summed E-state index contributed by atoms with van der Waals surface area (Å²) < 4.78 is 18.5. The van der Waals surface area contributed by atoms with Crippen molar-refractivity contribution in [3.8, 4) is 5.75 Å². The zero-order valence-corrected chi connectivity index (χ0v) is 12.9. The third-order valence-corrected chi connectivity index (χ3v) is 4.85. The number of methoxy groups -OCH3 is 1. The van der Waals surface area contributed by atoms with Crippen LogP contribution in [0.15, 0.2) is 18.2 Å². The molecule has 4 atom stereocenters. The molecule has 0 saturated heterocycles. The molecule has 1 aromatic carbocycles. The molecular weight excluding hydrogens is 253 g/mol. The van der Waals surface area contributed by atoms with Crippen molar-refractivity contribution in [1.29, 1.82) is 0 Å². The van der Waals surface area contributed by atoms with Gasteiger partial charge in [0.05, 0.1) is 7.11 Å². The van der Waals surface area contributed by atoms with Crippen molar-refractivity contribution in [3.05, 3.63) is 29.6 Å². The molecule has 2 nitrogen and oxygen atoms in total. The van der Waals surface area contributed by atoms with Gasteiger partial charge in [-0.15, -0.1) is 0 Å². The fourth-order valence-corrected chi connectivity index (χ4v) is 3.18. The molecule has 2 rings (SSSR count). The average Bonchev–Trinajstić information content (AvgIpc) is 2.44. The lowest BCUT2D eigenvalue weighted by molar-refractivity contribution is 0.196. The third-order valence-electron chi connectivity index (χ3n) is 4.85. The molecule has 112 valence electrons. The van der Waals surface area contributed by atoms with Gasteiger partial charge >= 0.3 is 0 Å². The lowest BCUT2D eigenvalue weighted by Crippen LogP contribution is -2.41. The van der Waals surface area contributed by atoms with E-state index in [1.54, 1.807) is 6.07 Å². The van der Waals surface area contributed by atoms with E-state index in [4.69, 9.17) is 4.74 Å². The van der Waals surface area contributed by atoms with Crippen molar-refractivity contribution < 1.29 is 9.13 Å². The van der Waals surface area contributed by atoms with E-state index in [0.29, 0.717) is 17.7 Å². The highest BCUT2D eigenvalue weighted by atomic mass is 19.1. The Morgan fingerprint density at radius 2 is 2.05 bits per heavy atom. The highest BCUT2D eigenvalue weighted by Crippen LogP contribution is 2.31. The van der Waals surface area contributed by atoms with Crippen LogP contribution in [0.3, 0.4) is 0 Å². The first kappa shape index (κ1) is 15.3. The maximum absolute atomic E-state index is 13.5. The summed E-state index contributed by atoms with van der Waals surface area (Å²) in [5.41, 5.74) is 1.08. The van der Waals surface area contributed by atoms with Crippen LogP contribution in [0.5, 0.6) is 5.75 Å². The van der Waals surface area contributed by atoms with E-state index in [2.05, 4.69) is 26.1 Å². The molecule has 4 unspecified atom stereocenters. The summed E-state index contributed by atoms with van der Waals surface area (Å²) in [4.78, 5) is 0. The van der Waals surface area contributed by atoms with Crippen molar-refractivity contribution in [3.63, 3.8) is 0 Å². The zero-order valence-electron chi connectivity index (χ0n) is 12.9.